The second-order valence-corrected chi connectivity index (χ2v) is 9.02. The molecule has 1 amide bonds. The molecule has 2 fully saturated rings. The van der Waals surface area contributed by atoms with Gasteiger partial charge in [0.05, 0.1) is 30.9 Å². The van der Waals surface area contributed by atoms with Crippen molar-refractivity contribution in [2.45, 2.75) is 51.7 Å². The van der Waals surface area contributed by atoms with Gasteiger partial charge >= 0.3 is 0 Å². The fourth-order valence-corrected chi connectivity index (χ4v) is 4.82. The third-order valence-electron chi connectivity index (χ3n) is 6.76. The SMILES string of the molecule is COCCC(=O)N1CCN(c2nc(C3CC3)c(-c3ccccc3CO)c(C)c2C#N)CC1C. The predicted octanol–water partition coefficient (Wildman–Crippen LogP) is 3.37. The molecule has 1 N–H and O–H groups in total. The fourth-order valence-electron chi connectivity index (χ4n) is 4.82. The molecule has 0 spiro atoms. The number of pyridine rings is 1. The van der Waals surface area contributed by atoms with E-state index in [-0.39, 0.29) is 18.6 Å². The van der Waals surface area contributed by atoms with E-state index in [1.54, 1.807) is 7.11 Å². The lowest BCUT2D eigenvalue weighted by atomic mass is 9.90. The van der Waals surface area contributed by atoms with Crippen molar-refractivity contribution in [3.8, 4) is 17.2 Å². The fraction of sp³-hybridized carbons (Fsp3) is 0.500. The highest BCUT2D eigenvalue weighted by molar-refractivity contribution is 5.79. The number of aliphatic hydroxyl groups is 1. The van der Waals surface area contributed by atoms with Crippen molar-refractivity contribution in [2.75, 3.05) is 38.3 Å². The molecule has 4 rings (SSSR count). The Balaban J connectivity index is 1.71. The van der Waals surface area contributed by atoms with Gasteiger partial charge in [-0.05, 0) is 43.4 Å². The lowest BCUT2D eigenvalue weighted by Crippen LogP contribution is -2.54. The highest BCUT2D eigenvalue weighted by atomic mass is 16.5. The summed E-state index contributed by atoms with van der Waals surface area (Å²) in [7, 11) is 1.60. The van der Waals surface area contributed by atoms with Gasteiger partial charge in [-0.2, -0.15) is 5.26 Å². The van der Waals surface area contributed by atoms with Crippen LogP contribution < -0.4 is 4.90 Å². The van der Waals surface area contributed by atoms with Gasteiger partial charge in [-0.1, -0.05) is 24.3 Å². The van der Waals surface area contributed by atoms with E-state index < -0.39 is 0 Å². The third kappa shape index (κ3) is 4.59. The minimum atomic E-state index is -0.0556. The Hall–Kier alpha value is -2.95. The van der Waals surface area contributed by atoms with Gasteiger partial charge in [-0.25, -0.2) is 4.98 Å². The molecule has 0 radical (unpaired) electrons. The number of benzene rings is 1. The minimum absolute atomic E-state index is 0.0240. The smallest absolute Gasteiger partial charge is 0.225 e. The second-order valence-electron chi connectivity index (χ2n) is 9.02. The van der Waals surface area contributed by atoms with Crippen LogP contribution in [0.2, 0.25) is 0 Å². The summed E-state index contributed by atoms with van der Waals surface area (Å²) < 4.78 is 5.06. The van der Waals surface area contributed by atoms with Gasteiger partial charge in [0, 0.05) is 44.3 Å². The highest BCUT2D eigenvalue weighted by Crippen LogP contribution is 2.47. The maximum absolute atomic E-state index is 12.5. The maximum atomic E-state index is 12.5. The third-order valence-corrected chi connectivity index (χ3v) is 6.76. The lowest BCUT2D eigenvalue weighted by Gasteiger charge is -2.41. The molecule has 2 aliphatic rings. The molecule has 1 aromatic heterocycles. The number of ether oxygens (including phenoxy) is 1. The number of hydrogen-bond donors (Lipinski definition) is 1. The first-order valence-electron chi connectivity index (χ1n) is 11.7. The zero-order valence-corrected chi connectivity index (χ0v) is 19.7. The maximum Gasteiger partial charge on any atom is 0.225 e. The lowest BCUT2D eigenvalue weighted by molar-refractivity contribution is -0.134. The summed E-state index contributed by atoms with van der Waals surface area (Å²) >= 11 is 0. The van der Waals surface area contributed by atoms with Gasteiger partial charge in [-0.3, -0.25) is 4.79 Å². The normalized spacial score (nSPS) is 18.3. The van der Waals surface area contributed by atoms with Crippen LogP contribution in [-0.4, -0.2) is 60.3 Å². The average Bonchev–Trinajstić information content (AvgIpc) is 3.67. The van der Waals surface area contributed by atoms with Crippen LogP contribution in [0.5, 0.6) is 0 Å². The Morgan fingerprint density at radius 2 is 2.06 bits per heavy atom. The van der Waals surface area contributed by atoms with E-state index in [1.807, 2.05) is 43.0 Å². The number of aromatic nitrogens is 1. The Morgan fingerprint density at radius 1 is 1.30 bits per heavy atom. The van der Waals surface area contributed by atoms with Crippen molar-refractivity contribution in [1.82, 2.24) is 9.88 Å². The van der Waals surface area contributed by atoms with Crippen LogP contribution in [0.25, 0.3) is 11.1 Å². The summed E-state index contributed by atoms with van der Waals surface area (Å²) in [6.45, 7) is 6.28. The van der Waals surface area contributed by atoms with Crippen molar-refractivity contribution in [2.24, 2.45) is 0 Å². The van der Waals surface area contributed by atoms with Crippen molar-refractivity contribution in [3.05, 3.63) is 46.6 Å². The number of carbonyl (C=O) groups excluding carboxylic acids is 1. The molecule has 1 aliphatic carbocycles. The summed E-state index contributed by atoms with van der Waals surface area (Å²) in [6.07, 6.45) is 2.56. The molecule has 7 nitrogen and oxygen atoms in total. The van der Waals surface area contributed by atoms with Gasteiger partial charge in [0.2, 0.25) is 5.91 Å². The summed E-state index contributed by atoms with van der Waals surface area (Å²) in [4.78, 5) is 21.7. The molecule has 0 bridgehead atoms. The van der Waals surface area contributed by atoms with Crippen LogP contribution >= 0.6 is 0 Å². The first kappa shape index (κ1) is 23.2. The molecular formula is C26H32N4O3. The number of amides is 1. The van der Waals surface area contributed by atoms with E-state index in [2.05, 4.69) is 11.0 Å². The minimum Gasteiger partial charge on any atom is -0.392 e. The number of nitriles is 1. The van der Waals surface area contributed by atoms with Crippen LogP contribution in [0.4, 0.5) is 5.82 Å². The molecule has 2 aromatic rings. The molecule has 2 heterocycles. The first-order valence-corrected chi connectivity index (χ1v) is 11.7. The molecule has 1 atom stereocenters. The summed E-state index contributed by atoms with van der Waals surface area (Å²) in [5.41, 5.74) is 5.30. The number of methoxy groups -OCH3 is 1. The molecule has 1 aromatic carbocycles. The Bertz CT molecular complexity index is 1070. The Labute approximate surface area is 195 Å². The number of nitrogens with zero attached hydrogens (tertiary/aromatic N) is 4. The first-order chi connectivity index (χ1) is 16.0. The van der Waals surface area contributed by atoms with Crippen molar-refractivity contribution >= 4 is 11.7 Å². The number of carbonyl (C=O) groups is 1. The Morgan fingerprint density at radius 3 is 2.70 bits per heavy atom. The molecule has 1 aliphatic heterocycles. The monoisotopic (exact) mass is 448 g/mol. The van der Waals surface area contributed by atoms with Crippen LogP contribution in [0.3, 0.4) is 0 Å². The zero-order chi connectivity index (χ0) is 23.5. The zero-order valence-electron chi connectivity index (χ0n) is 19.7. The standard InChI is InChI=1S/C26H32N4O3/c1-17-15-29(11-12-30(17)23(32)10-13-33-3)26-22(14-27)18(2)24(25(28-26)19-8-9-19)21-7-5-4-6-20(21)16-31/h4-7,17,19,31H,8-13,15-16H2,1-3H3. The Kier molecular flexibility index (Phi) is 6.96. The summed E-state index contributed by atoms with van der Waals surface area (Å²) in [6, 6.07) is 10.2. The summed E-state index contributed by atoms with van der Waals surface area (Å²) in [5, 5.41) is 20.1. The molecule has 174 valence electrons. The van der Waals surface area contributed by atoms with Gasteiger partial charge in [0.15, 0.2) is 0 Å². The topological polar surface area (TPSA) is 89.7 Å². The number of piperazine rings is 1. The van der Waals surface area contributed by atoms with Gasteiger partial charge in [0.25, 0.3) is 0 Å². The van der Waals surface area contributed by atoms with Crippen LogP contribution in [0, 0.1) is 18.3 Å². The molecular weight excluding hydrogens is 416 g/mol. The van der Waals surface area contributed by atoms with Gasteiger partial charge in [-0.15, -0.1) is 0 Å². The molecule has 1 unspecified atom stereocenters. The molecule has 1 saturated heterocycles. The molecule has 33 heavy (non-hydrogen) atoms. The van der Waals surface area contributed by atoms with Crippen LogP contribution in [0.15, 0.2) is 24.3 Å². The quantitative estimate of drug-likeness (QED) is 0.699. The van der Waals surface area contributed by atoms with Crippen molar-refractivity contribution in [1.29, 1.82) is 5.26 Å². The van der Waals surface area contributed by atoms with E-state index >= 15 is 0 Å². The number of rotatable bonds is 7. The van der Waals surface area contributed by atoms with Gasteiger partial charge in [0.1, 0.15) is 11.9 Å². The average molecular weight is 449 g/mol. The number of anilines is 1. The van der Waals surface area contributed by atoms with Crippen molar-refractivity contribution < 1.29 is 14.6 Å². The van der Waals surface area contributed by atoms with E-state index in [4.69, 9.17) is 9.72 Å². The largest absolute Gasteiger partial charge is 0.392 e. The molecule has 7 heteroatoms. The number of aliphatic hydroxyl groups excluding tert-OH is 1. The summed E-state index contributed by atoms with van der Waals surface area (Å²) in [5.74, 6) is 1.20. The predicted molar refractivity (Wildman–Crippen MR) is 127 cm³/mol. The molecule has 1 saturated carbocycles. The van der Waals surface area contributed by atoms with E-state index in [0.29, 0.717) is 44.1 Å². The second kappa shape index (κ2) is 9.90. The van der Waals surface area contributed by atoms with E-state index in [1.165, 1.54) is 0 Å². The van der Waals surface area contributed by atoms with E-state index in [0.717, 1.165) is 46.6 Å². The van der Waals surface area contributed by atoms with Crippen LogP contribution in [-0.2, 0) is 16.1 Å². The van der Waals surface area contributed by atoms with Crippen molar-refractivity contribution in [3.63, 3.8) is 0 Å². The highest BCUT2D eigenvalue weighted by Gasteiger charge is 2.34. The van der Waals surface area contributed by atoms with Crippen LogP contribution in [0.1, 0.15) is 54.5 Å². The van der Waals surface area contributed by atoms with E-state index in [9.17, 15) is 15.2 Å². The number of hydrogen-bond acceptors (Lipinski definition) is 6. The van der Waals surface area contributed by atoms with Gasteiger partial charge < -0.3 is 19.6 Å².